The number of hydrogen-bond donors (Lipinski definition) is 2. The third-order valence-electron chi connectivity index (χ3n) is 5.18. The Morgan fingerprint density at radius 1 is 0.824 bits per heavy atom. The van der Waals surface area contributed by atoms with Gasteiger partial charge in [0.2, 0.25) is 0 Å². The van der Waals surface area contributed by atoms with E-state index in [0.29, 0.717) is 22.9 Å². The molecule has 8 heteroatoms. The summed E-state index contributed by atoms with van der Waals surface area (Å²) in [6.07, 6.45) is -0.736. The van der Waals surface area contributed by atoms with Gasteiger partial charge in [0.1, 0.15) is 11.5 Å². The quantitative estimate of drug-likeness (QED) is 0.460. The van der Waals surface area contributed by atoms with Crippen LogP contribution in [0.4, 0.5) is 11.4 Å². The molecule has 3 aromatic carbocycles. The number of hydrogen-bond acceptors (Lipinski definition) is 5. The van der Waals surface area contributed by atoms with Crippen LogP contribution in [0.15, 0.2) is 77.7 Å². The average Bonchev–Trinajstić information content (AvgIpc) is 2.79. The lowest BCUT2D eigenvalue weighted by Crippen LogP contribution is -2.30. The largest absolute Gasteiger partial charge is 0.497 e. The lowest BCUT2D eigenvalue weighted by atomic mass is 9.87. The van der Waals surface area contributed by atoms with Crippen molar-refractivity contribution in [3.63, 3.8) is 0 Å². The fourth-order valence-corrected chi connectivity index (χ4v) is 4.18. The molecule has 3 rings (SSSR count). The first-order valence-electron chi connectivity index (χ1n) is 10.8. The van der Waals surface area contributed by atoms with Crippen LogP contribution in [0.2, 0.25) is 0 Å². The van der Waals surface area contributed by atoms with Crippen molar-refractivity contribution in [3.05, 3.63) is 78.4 Å². The highest BCUT2D eigenvalue weighted by atomic mass is 32.2. The van der Waals surface area contributed by atoms with Gasteiger partial charge in [0.25, 0.3) is 15.9 Å². The Hall–Kier alpha value is -3.52. The molecule has 180 valence electrons. The Balaban J connectivity index is 1.60. The molecule has 0 aromatic heterocycles. The van der Waals surface area contributed by atoms with E-state index in [9.17, 15) is 13.2 Å². The predicted octanol–water partition coefficient (Wildman–Crippen LogP) is 5.20. The SMILES string of the molecule is COc1ccc(NS(=O)(=O)c2ccc(NC(=O)[C@@H](C)Oc3ccc(C(C)(C)C)cc3)cc2)cc1. The van der Waals surface area contributed by atoms with Gasteiger partial charge in [-0.05, 0) is 78.6 Å². The van der Waals surface area contributed by atoms with E-state index in [1.807, 2.05) is 24.3 Å². The Morgan fingerprint density at radius 3 is 1.88 bits per heavy atom. The van der Waals surface area contributed by atoms with Crippen LogP contribution in [0.3, 0.4) is 0 Å². The lowest BCUT2D eigenvalue weighted by molar-refractivity contribution is -0.122. The zero-order chi connectivity index (χ0) is 24.9. The summed E-state index contributed by atoms with van der Waals surface area (Å²) in [4.78, 5) is 12.6. The smallest absolute Gasteiger partial charge is 0.265 e. The highest BCUT2D eigenvalue weighted by molar-refractivity contribution is 7.92. The van der Waals surface area contributed by atoms with Gasteiger partial charge in [-0.15, -0.1) is 0 Å². The van der Waals surface area contributed by atoms with Gasteiger partial charge in [0, 0.05) is 11.4 Å². The van der Waals surface area contributed by atoms with Crippen LogP contribution in [0, 0.1) is 0 Å². The van der Waals surface area contributed by atoms with Gasteiger partial charge in [-0.25, -0.2) is 8.42 Å². The van der Waals surface area contributed by atoms with E-state index < -0.39 is 16.1 Å². The number of nitrogens with one attached hydrogen (secondary N) is 2. The van der Waals surface area contributed by atoms with Crippen molar-refractivity contribution in [1.29, 1.82) is 0 Å². The van der Waals surface area contributed by atoms with Crippen molar-refractivity contribution < 1.29 is 22.7 Å². The molecule has 1 amide bonds. The molecule has 0 heterocycles. The normalized spacial score (nSPS) is 12.5. The van der Waals surface area contributed by atoms with E-state index in [0.717, 1.165) is 0 Å². The molecule has 7 nitrogen and oxygen atoms in total. The maximum Gasteiger partial charge on any atom is 0.265 e. The van der Waals surface area contributed by atoms with Crippen LogP contribution in [0.25, 0.3) is 0 Å². The minimum atomic E-state index is -3.78. The Kier molecular flexibility index (Phi) is 7.51. The van der Waals surface area contributed by atoms with Gasteiger partial charge in [0.05, 0.1) is 12.0 Å². The number of ether oxygens (including phenoxy) is 2. The number of rotatable bonds is 8. The predicted molar refractivity (Wildman–Crippen MR) is 134 cm³/mol. The van der Waals surface area contributed by atoms with Gasteiger partial charge in [0.15, 0.2) is 6.10 Å². The summed E-state index contributed by atoms with van der Waals surface area (Å²) < 4.78 is 38.6. The van der Waals surface area contributed by atoms with Crippen molar-refractivity contribution >= 4 is 27.3 Å². The molecule has 0 radical (unpaired) electrons. The first-order chi connectivity index (χ1) is 16.0. The van der Waals surface area contributed by atoms with Crippen LogP contribution in [0.5, 0.6) is 11.5 Å². The molecule has 3 aromatic rings. The van der Waals surface area contributed by atoms with Gasteiger partial charge in [-0.3, -0.25) is 9.52 Å². The zero-order valence-electron chi connectivity index (χ0n) is 20.0. The fourth-order valence-electron chi connectivity index (χ4n) is 3.13. The minimum absolute atomic E-state index is 0.0331. The summed E-state index contributed by atoms with van der Waals surface area (Å²) in [6.45, 7) is 8.05. The van der Waals surface area contributed by atoms with Gasteiger partial charge in [-0.1, -0.05) is 32.9 Å². The van der Waals surface area contributed by atoms with Crippen molar-refractivity contribution in [2.45, 2.75) is 44.1 Å². The molecule has 0 fully saturated rings. The number of carbonyl (C=O) groups is 1. The molecule has 0 aliphatic carbocycles. The number of carbonyl (C=O) groups excluding carboxylic acids is 1. The first kappa shape index (κ1) is 25.1. The zero-order valence-corrected chi connectivity index (χ0v) is 20.8. The number of sulfonamides is 1. The molecule has 2 N–H and O–H groups in total. The van der Waals surface area contributed by atoms with E-state index in [-0.39, 0.29) is 16.2 Å². The highest BCUT2D eigenvalue weighted by Crippen LogP contribution is 2.25. The summed E-state index contributed by atoms with van der Waals surface area (Å²) in [7, 11) is -2.24. The van der Waals surface area contributed by atoms with Crippen molar-refractivity contribution in [2.75, 3.05) is 17.1 Å². The fraction of sp³-hybridized carbons (Fsp3) is 0.269. The number of methoxy groups -OCH3 is 1. The molecule has 0 saturated carbocycles. The minimum Gasteiger partial charge on any atom is -0.497 e. The number of amides is 1. The van der Waals surface area contributed by atoms with Crippen molar-refractivity contribution in [3.8, 4) is 11.5 Å². The lowest BCUT2D eigenvalue weighted by Gasteiger charge is -2.20. The molecular weight excluding hydrogens is 452 g/mol. The van der Waals surface area contributed by atoms with Gasteiger partial charge in [-0.2, -0.15) is 0 Å². The topological polar surface area (TPSA) is 93.7 Å². The van der Waals surface area contributed by atoms with Crippen molar-refractivity contribution in [2.24, 2.45) is 0 Å². The summed E-state index contributed by atoms with van der Waals surface area (Å²) in [6, 6.07) is 20.1. The number of anilines is 2. The molecule has 34 heavy (non-hydrogen) atoms. The van der Waals surface area contributed by atoms with E-state index in [1.54, 1.807) is 31.2 Å². The van der Waals surface area contributed by atoms with E-state index >= 15 is 0 Å². The number of benzene rings is 3. The van der Waals surface area contributed by atoms with E-state index in [4.69, 9.17) is 9.47 Å². The maximum absolute atomic E-state index is 12.6. The second-order valence-corrected chi connectivity index (χ2v) is 10.6. The Labute approximate surface area is 201 Å². The third-order valence-corrected chi connectivity index (χ3v) is 6.57. The van der Waals surface area contributed by atoms with Gasteiger partial charge >= 0.3 is 0 Å². The molecule has 1 atom stereocenters. The van der Waals surface area contributed by atoms with Crippen LogP contribution in [-0.4, -0.2) is 27.5 Å². The van der Waals surface area contributed by atoms with Crippen LogP contribution in [0.1, 0.15) is 33.3 Å². The molecule has 0 bridgehead atoms. The monoisotopic (exact) mass is 482 g/mol. The molecule has 0 spiro atoms. The average molecular weight is 483 g/mol. The summed E-state index contributed by atoms with van der Waals surface area (Å²) in [5, 5.41) is 2.75. The van der Waals surface area contributed by atoms with E-state index in [1.165, 1.54) is 36.9 Å². The van der Waals surface area contributed by atoms with Crippen LogP contribution >= 0.6 is 0 Å². The molecule has 0 aliphatic rings. The summed E-state index contributed by atoms with van der Waals surface area (Å²) in [5.41, 5.74) is 2.09. The molecule has 0 saturated heterocycles. The maximum atomic E-state index is 12.6. The van der Waals surface area contributed by atoms with Crippen LogP contribution < -0.4 is 19.5 Å². The second kappa shape index (κ2) is 10.2. The molecular formula is C26H30N2O5S. The van der Waals surface area contributed by atoms with Crippen LogP contribution in [-0.2, 0) is 20.2 Å². The Morgan fingerprint density at radius 2 is 1.35 bits per heavy atom. The standard InChI is InChI=1S/C26H30N2O5S/c1-18(33-23-12-6-19(7-13-23)26(2,3)4)25(29)27-20-10-16-24(17-11-20)34(30,31)28-21-8-14-22(32-5)15-9-21/h6-18,28H,1-5H3,(H,27,29)/t18-/m1/s1. The molecule has 0 aliphatic heterocycles. The Bertz CT molecular complexity index is 1210. The van der Waals surface area contributed by atoms with Crippen molar-refractivity contribution in [1.82, 2.24) is 0 Å². The molecule has 0 unspecified atom stereocenters. The summed E-state index contributed by atoms with van der Waals surface area (Å²) >= 11 is 0. The van der Waals surface area contributed by atoms with Gasteiger partial charge < -0.3 is 14.8 Å². The summed E-state index contributed by atoms with van der Waals surface area (Å²) in [5.74, 6) is 0.886. The highest BCUT2D eigenvalue weighted by Gasteiger charge is 2.18. The van der Waals surface area contributed by atoms with E-state index in [2.05, 4.69) is 30.8 Å². The first-order valence-corrected chi connectivity index (χ1v) is 12.3. The second-order valence-electron chi connectivity index (χ2n) is 8.88. The third kappa shape index (κ3) is 6.51.